The summed E-state index contributed by atoms with van der Waals surface area (Å²) in [6.07, 6.45) is 1.68. The third-order valence-corrected chi connectivity index (χ3v) is 4.09. The molecule has 0 spiro atoms. The molecule has 0 fully saturated rings. The van der Waals surface area contributed by atoms with Gasteiger partial charge in [0.25, 0.3) is 5.69 Å². The van der Waals surface area contributed by atoms with Gasteiger partial charge in [-0.2, -0.15) is 0 Å². The predicted molar refractivity (Wildman–Crippen MR) is 95.2 cm³/mol. The maximum absolute atomic E-state index is 10.7. The Kier molecular flexibility index (Phi) is 4.12. The topological polar surface area (TPSA) is 73.3 Å². The first-order valence-electron chi connectivity index (χ1n) is 7.75. The van der Waals surface area contributed by atoms with Crippen molar-refractivity contribution in [3.63, 3.8) is 0 Å². The monoisotopic (exact) mass is 322 g/mol. The van der Waals surface area contributed by atoms with Crippen LogP contribution in [0.1, 0.15) is 23.6 Å². The average Bonchev–Trinajstić information content (AvgIpc) is 2.90. The van der Waals surface area contributed by atoms with Crippen LogP contribution in [0.4, 0.5) is 11.6 Å². The number of rotatable bonds is 4. The summed E-state index contributed by atoms with van der Waals surface area (Å²) in [6, 6.07) is 10.5. The molecule has 1 aromatic heterocycles. The molecule has 24 heavy (non-hydrogen) atoms. The first kappa shape index (κ1) is 15.9. The summed E-state index contributed by atoms with van der Waals surface area (Å²) in [6.45, 7) is 6.98. The second-order valence-corrected chi connectivity index (χ2v) is 5.69. The van der Waals surface area contributed by atoms with Crippen molar-refractivity contribution in [3.05, 3.63) is 63.2 Å². The zero-order chi connectivity index (χ0) is 17.3. The van der Waals surface area contributed by atoms with E-state index in [2.05, 4.69) is 47.4 Å². The third-order valence-electron chi connectivity index (χ3n) is 4.09. The minimum Gasteiger partial charge on any atom is -0.309 e. The Labute approximate surface area is 139 Å². The van der Waals surface area contributed by atoms with Crippen LogP contribution in [0, 0.1) is 24.0 Å². The summed E-state index contributed by atoms with van der Waals surface area (Å²) < 4.78 is 2.06. The van der Waals surface area contributed by atoms with Crippen LogP contribution >= 0.6 is 0 Å². The Morgan fingerprint density at radius 2 is 1.88 bits per heavy atom. The van der Waals surface area contributed by atoms with Crippen molar-refractivity contribution < 1.29 is 4.92 Å². The molecule has 0 saturated carbocycles. The molecular weight excluding hydrogens is 304 g/mol. The standard InChI is InChI=1S/C18H18N4O2/c1-4-21-17-10-13(3)12(2)9-16(17)20-18(21)19-11-14-5-7-15(8-6-14)22(23)24/h5-11H,4H2,1-3H3/b19-11+. The van der Waals surface area contributed by atoms with Gasteiger partial charge in [0.2, 0.25) is 5.95 Å². The number of aromatic nitrogens is 2. The number of benzene rings is 2. The molecule has 0 bridgehead atoms. The van der Waals surface area contributed by atoms with E-state index in [-0.39, 0.29) is 5.69 Å². The lowest BCUT2D eigenvalue weighted by Crippen LogP contribution is -1.94. The van der Waals surface area contributed by atoms with Crippen LogP contribution in [0.25, 0.3) is 11.0 Å². The van der Waals surface area contributed by atoms with E-state index in [0.717, 1.165) is 23.1 Å². The van der Waals surface area contributed by atoms with E-state index in [9.17, 15) is 10.1 Å². The molecule has 122 valence electrons. The van der Waals surface area contributed by atoms with Gasteiger partial charge in [-0.05, 0) is 61.7 Å². The van der Waals surface area contributed by atoms with E-state index >= 15 is 0 Å². The van der Waals surface area contributed by atoms with E-state index in [1.807, 2.05) is 0 Å². The van der Waals surface area contributed by atoms with Gasteiger partial charge in [0.05, 0.1) is 16.0 Å². The van der Waals surface area contributed by atoms with E-state index in [4.69, 9.17) is 0 Å². The molecule has 6 nitrogen and oxygen atoms in total. The summed E-state index contributed by atoms with van der Waals surface area (Å²) in [5.41, 5.74) is 5.28. The number of hydrogen-bond donors (Lipinski definition) is 0. The minimum atomic E-state index is -0.415. The Morgan fingerprint density at radius 3 is 2.50 bits per heavy atom. The van der Waals surface area contributed by atoms with Crippen LogP contribution in [-0.4, -0.2) is 20.7 Å². The van der Waals surface area contributed by atoms with Crippen molar-refractivity contribution in [1.82, 2.24) is 9.55 Å². The van der Waals surface area contributed by atoms with Crippen LogP contribution in [0.2, 0.25) is 0 Å². The predicted octanol–water partition coefficient (Wildman–Crippen LogP) is 4.33. The quantitative estimate of drug-likeness (QED) is 0.407. The molecular formula is C18H18N4O2. The molecule has 1 heterocycles. The number of imidazole rings is 1. The van der Waals surface area contributed by atoms with Crippen molar-refractivity contribution in [2.75, 3.05) is 0 Å². The molecule has 0 saturated heterocycles. The van der Waals surface area contributed by atoms with Crippen molar-refractivity contribution in [2.24, 2.45) is 4.99 Å². The van der Waals surface area contributed by atoms with Gasteiger partial charge in [0.1, 0.15) is 0 Å². The molecule has 2 aromatic carbocycles. The lowest BCUT2D eigenvalue weighted by molar-refractivity contribution is -0.384. The lowest BCUT2D eigenvalue weighted by atomic mass is 10.1. The molecule has 0 atom stereocenters. The van der Waals surface area contributed by atoms with Gasteiger partial charge in [-0.1, -0.05) is 0 Å². The molecule has 0 amide bonds. The van der Waals surface area contributed by atoms with Gasteiger partial charge in [0, 0.05) is 24.9 Å². The number of fused-ring (bicyclic) bond motifs is 1. The van der Waals surface area contributed by atoms with Crippen LogP contribution in [0.15, 0.2) is 41.4 Å². The molecule has 0 aliphatic carbocycles. The van der Waals surface area contributed by atoms with Gasteiger partial charge in [-0.3, -0.25) is 10.1 Å². The number of hydrogen-bond acceptors (Lipinski definition) is 4. The largest absolute Gasteiger partial charge is 0.309 e. The number of nitrogens with zero attached hydrogens (tertiary/aromatic N) is 4. The number of aryl methyl sites for hydroxylation is 3. The van der Waals surface area contributed by atoms with Crippen molar-refractivity contribution >= 4 is 28.9 Å². The van der Waals surface area contributed by atoms with Crippen LogP contribution in [0.3, 0.4) is 0 Å². The molecule has 0 aliphatic heterocycles. The summed E-state index contributed by atoms with van der Waals surface area (Å²) in [4.78, 5) is 19.4. The highest BCUT2D eigenvalue weighted by Gasteiger charge is 2.10. The third kappa shape index (κ3) is 2.90. The smallest absolute Gasteiger partial charge is 0.269 e. The highest BCUT2D eigenvalue weighted by atomic mass is 16.6. The number of nitro groups is 1. The van der Waals surface area contributed by atoms with E-state index in [1.165, 1.54) is 23.3 Å². The fourth-order valence-corrected chi connectivity index (χ4v) is 2.59. The molecule has 0 radical (unpaired) electrons. The Balaban J connectivity index is 1.98. The number of aliphatic imine (C=N–C) groups is 1. The first-order valence-corrected chi connectivity index (χ1v) is 7.75. The molecule has 3 aromatic rings. The van der Waals surface area contributed by atoms with E-state index < -0.39 is 4.92 Å². The van der Waals surface area contributed by atoms with Crippen LogP contribution in [-0.2, 0) is 6.54 Å². The molecule has 6 heteroatoms. The summed E-state index contributed by atoms with van der Waals surface area (Å²) in [5, 5.41) is 10.7. The first-order chi connectivity index (χ1) is 11.5. The Morgan fingerprint density at radius 1 is 1.21 bits per heavy atom. The summed E-state index contributed by atoms with van der Waals surface area (Å²) in [7, 11) is 0. The maximum atomic E-state index is 10.7. The summed E-state index contributed by atoms with van der Waals surface area (Å²) in [5.74, 6) is 0.635. The Bertz CT molecular complexity index is 940. The lowest BCUT2D eigenvalue weighted by Gasteiger charge is -2.04. The SMILES string of the molecule is CCn1c(/N=C/c2ccc([N+](=O)[O-])cc2)nc2cc(C)c(C)cc21. The van der Waals surface area contributed by atoms with Gasteiger partial charge in [0.15, 0.2) is 0 Å². The second kappa shape index (κ2) is 6.23. The fraction of sp³-hybridized carbons (Fsp3) is 0.222. The van der Waals surface area contributed by atoms with Crippen molar-refractivity contribution in [1.29, 1.82) is 0 Å². The van der Waals surface area contributed by atoms with Crippen molar-refractivity contribution in [2.45, 2.75) is 27.3 Å². The van der Waals surface area contributed by atoms with Gasteiger partial charge in [-0.25, -0.2) is 9.98 Å². The highest BCUT2D eigenvalue weighted by molar-refractivity contribution is 5.84. The zero-order valence-corrected chi connectivity index (χ0v) is 13.9. The molecule has 3 rings (SSSR count). The minimum absolute atomic E-state index is 0.0684. The van der Waals surface area contributed by atoms with E-state index in [0.29, 0.717) is 5.95 Å². The van der Waals surface area contributed by atoms with Crippen molar-refractivity contribution in [3.8, 4) is 0 Å². The Hall–Kier alpha value is -3.02. The fourth-order valence-electron chi connectivity index (χ4n) is 2.59. The highest BCUT2D eigenvalue weighted by Crippen LogP contribution is 2.25. The summed E-state index contributed by atoms with van der Waals surface area (Å²) >= 11 is 0. The number of non-ortho nitro benzene ring substituents is 1. The van der Waals surface area contributed by atoms with Gasteiger partial charge in [-0.15, -0.1) is 0 Å². The van der Waals surface area contributed by atoms with Gasteiger partial charge < -0.3 is 4.57 Å². The molecule has 0 N–H and O–H groups in total. The normalized spacial score (nSPS) is 11.5. The molecule has 0 aliphatic rings. The van der Waals surface area contributed by atoms with E-state index in [1.54, 1.807) is 18.3 Å². The second-order valence-electron chi connectivity index (χ2n) is 5.69. The zero-order valence-electron chi connectivity index (χ0n) is 13.9. The average molecular weight is 322 g/mol. The molecule has 0 unspecified atom stereocenters. The van der Waals surface area contributed by atoms with Gasteiger partial charge >= 0.3 is 0 Å². The number of nitro benzene ring substituents is 1. The van der Waals surface area contributed by atoms with Crippen LogP contribution in [0.5, 0.6) is 0 Å². The maximum Gasteiger partial charge on any atom is 0.269 e. The van der Waals surface area contributed by atoms with Crippen LogP contribution < -0.4 is 0 Å².